The molecule has 1 aliphatic heterocycles. The van der Waals surface area contributed by atoms with Crippen molar-refractivity contribution >= 4 is 33.3 Å². The summed E-state index contributed by atoms with van der Waals surface area (Å²) < 4.78 is 107. The van der Waals surface area contributed by atoms with Crippen LogP contribution in [0.1, 0.15) is 61.0 Å². The third-order valence-corrected chi connectivity index (χ3v) is 10.8. The van der Waals surface area contributed by atoms with Crippen LogP contribution in [0.25, 0.3) is 0 Å². The van der Waals surface area contributed by atoms with Gasteiger partial charge in [-0.3, -0.25) is 9.59 Å². The summed E-state index contributed by atoms with van der Waals surface area (Å²) in [5.74, 6) is -2.56. The minimum absolute atomic E-state index is 0.0450. The molecule has 2 aromatic carbocycles. The summed E-state index contributed by atoms with van der Waals surface area (Å²) in [5.41, 5.74) is -4.17. The molecular weight excluding hydrogens is 648 g/mol. The predicted octanol–water partition coefficient (Wildman–Crippen LogP) is 6.06. The van der Waals surface area contributed by atoms with Gasteiger partial charge in [0, 0.05) is 35.3 Å². The van der Waals surface area contributed by atoms with Gasteiger partial charge in [-0.15, -0.1) is 0 Å². The van der Waals surface area contributed by atoms with Gasteiger partial charge < -0.3 is 15.1 Å². The van der Waals surface area contributed by atoms with E-state index >= 15 is 0 Å². The van der Waals surface area contributed by atoms with Crippen molar-refractivity contribution in [1.82, 2.24) is 15.1 Å². The van der Waals surface area contributed by atoms with Gasteiger partial charge in [-0.2, -0.15) is 26.3 Å². The molecule has 2 aromatic rings. The molecule has 1 saturated heterocycles. The lowest BCUT2D eigenvalue weighted by Crippen LogP contribution is -2.53. The number of benzene rings is 2. The molecule has 1 heterocycles. The maximum Gasteiger partial charge on any atom is 0.416 e. The number of carbonyl (C=O) groups excluding carboxylic acids is 2. The van der Waals surface area contributed by atoms with E-state index in [4.69, 9.17) is 11.6 Å². The van der Waals surface area contributed by atoms with Gasteiger partial charge >= 0.3 is 12.4 Å². The molecule has 7 nitrogen and oxygen atoms in total. The molecule has 248 valence electrons. The first-order valence-electron chi connectivity index (χ1n) is 14.4. The summed E-state index contributed by atoms with van der Waals surface area (Å²) in [7, 11) is -1.85. The third kappa shape index (κ3) is 8.12. The minimum atomic E-state index is -5.14. The Bertz CT molecular complexity index is 1480. The van der Waals surface area contributed by atoms with Crippen LogP contribution in [0.15, 0.2) is 47.4 Å². The van der Waals surface area contributed by atoms with E-state index in [-0.39, 0.29) is 41.8 Å². The topological polar surface area (TPSA) is 86.8 Å². The van der Waals surface area contributed by atoms with Crippen LogP contribution >= 0.6 is 11.6 Å². The summed E-state index contributed by atoms with van der Waals surface area (Å²) in [6.45, 7) is 4.17. The van der Waals surface area contributed by atoms with E-state index in [2.05, 4.69) is 10.2 Å². The lowest BCUT2D eigenvalue weighted by molar-refractivity contribution is -0.143. The Labute approximate surface area is 262 Å². The van der Waals surface area contributed by atoms with E-state index in [9.17, 15) is 44.3 Å². The van der Waals surface area contributed by atoms with Crippen molar-refractivity contribution in [2.24, 2.45) is 5.92 Å². The summed E-state index contributed by atoms with van der Waals surface area (Å²) in [4.78, 5) is 30.2. The van der Waals surface area contributed by atoms with Gasteiger partial charge in [0.2, 0.25) is 5.91 Å². The van der Waals surface area contributed by atoms with Gasteiger partial charge in [0.15, 0.2) is 9.84 Å². The van der Waals surface area contributed by atoms with Crippen molar-refractivity contribution in [1.29, 1.82) is 0 Å². The number of nitrogens with one attached hydrogen (secondary N) is 1. The van der Waals surface area contributed by atoms with Crippen molar-refractivity contribution < 1.29 is 44.3 Å². The lowest BCUT2D eigenvalue weighted by atomic mass is 9.81. The quantitative estimate of drug-likeness (QED) is 0.343. The Balaban J connectivity index is 1.56. The molecule has 4 atom stereocenters. The Morgan fingerprint density at radius 1 is 1.00 bits per heavy atom. The molecule has 0 spiro atoms. The van der Waals surface area contributed by atoms with Crippen LogP contribution in [0.2, 0.25) is 5.02 Å². The fourth-order valence-corrected chi connectivity index (χ4v) is 7.91. The standard InChI is InChI=1S/C30H34ClF6N3O4S/c1-17(2)39(3)23-6-9-26(19(14-23)16-45(43,44)24-7-4-22(31)5-8-24)40-11-10-25(28(40)42)38-27(41)18-12-20(29(32,33)34)15-21(13-18)30(35,36)37/h4-5,7-8,12-13,15,17,19,23,25-26H,6,9-11,14,16H2,1-3H3,(H,38,41)/t19-,23+,25?,26-/m0/s1. The number of hydrogen-bond acceptors (Lipinski definition) is 5. The number of sulfone groups is 1. The second-order valence-corrected chi connectivity index (χ2v) is 14.4. The van der Waals surface area contributed by atoms with Crippen molar-refractivity contribution in [3.63, 3.8) is 0 Å². The van der Waals surface area contributed by atoms with Gasteiger partial charge in [-0.05, 0) is 95.0 Å². The van der Waals surface area contributed by atoms with Gasteiger partial charge in [-0.25, -0.2) is 8.42 Å². The van der Waals surface area contributed by atoms with E-state index in [1.165, 1.54) is 29.2 Å². The number of hydrogen-bond donors (Lipinski definition) is 1. The van der Waals surface area contributed by atoms with Crippen LogP contribution in [0.5, 0.6) is 0 Å². The normalized spacial score (nSPS) is 23.2. The highest BCUT2D eigenvalue weighted by atomic mass is 35.5. The first-order chi connectivity index (χ1) is 20.8. The molecule has 1 N–H and O–H groups in total. The van der Waals surface area contributed by atoms with Gasteiger partial charge in [0.05, 0.1) is 21.8 Å². The molecule has 15 heteroatoms. The Morgan fingerprint density at radius 2 is 1.58 bits per heavy atom. The number of halogens is 7. The van der Waals surface area contributed by atoms with Crippen molar-refractivity contribution in [2.45, 2.75) is 80.9 Å². The lowest BCUT2D eigenvalue weighted by Gasteiger charge is -2.44. The second-order valence-electron chi connectivity index (χ2n) is 11.9. The number of nitrogens with zero attached hydrogens (tertiary/aromatic N) is 2. The molecule has 1 aliphatic carbocycles. The fraction of sp³-hybridized carbons (Fsp3) is 0.533. The molecular formula is C30H34ClF6N3O4S. The molecule has 0 radical (unpaired) electrons. The highest BCUT2D eigenvalue weighted by molar-refractivity contribution is 7.91. The highest BCUT2D eigenvalue weighted by Crippen LogP contribution is 2.38. The molecule has 2 fully saturated rings. The first kappa shape index (κ1) is 35.0. The monoisotopic (exact) mass is 681 g/mol. The summed E-state index contributed by atoms with van der Waals surface area (Å²) in [5, 5.41) is 2.68. The van der Waals surface area contributed by atoms with Crippen molar-refractivity contribution in [3.05, 3.63) is 64.2 Å². The molecule has 0 aromatic heterocycles. The molecule has 1 saturated carbocycles. The predicted molar refractivity (Wildman–Crippen MR) is 155 cm³/mol. The fourth-order valence-electron chi connectivity index (χ4n) is 6.12. The molecule has 2 aliphatic rings. The Morgan fingerprint density at radius 3 is 2.11 bits per heavy atom. The molecule has 45 heavy (non-hydrogen) atoms. The third-order valence-electron chi connectivity index (χ3n) is 8.71. The zero-order chi connectivity index (χ0) is 33.5. The SMILES string of the molecule is CC(C)N(C)[C@@H]1CC[C@H](N2CCC(NC(=O)c3cc(C(F)(F)F)cc(C(F)(F)F)c3)C2=O)[C@H](CS(=O)(=O)c2ccc(Cl)cc2)C1. The van der Waals surface area contributed by atoms with Crippen LogP contribution in [0.3, 0.4) is 0 Å². The van der Waals surface area contributed by atoms with Crippen LogP contribution in [-0.2, 0) is 27.0 Å². The molecule has 4 rings (SSSR count). The molecule has 0 bridgehead atoms. The summed E-state index contributed by atoms with van der Waals surface area (Å²) in [6, 6.07) is 4.83. The van der Waals surface area contributed by atoms with Gasteiger partial charge in [-0.1, -0.05) is 11.6 Å². The van der Waals surface area contributed by atoms with E-state index in [0.29, 0.717) is 36.4 Å². The van der Waals surface area contributed by atoms with Crippen molar-refractivity contribution in [3.8, 4) is 0 Å². The number of rotatable bonds is 8. The minimum Gasteiger partial charge on any atom is -0.340 e. The maximum atomic E-state index is 13.5. The van der Waals surface area contributed by atoms with E-state index < -0.39 is 68.7 Å². The zero-order valence-corrected chi connectivity index (χ0v) is 26.3. The Kier molecular flexibility index (Phi) is 10.2. The van der Waals surface area contributed by atoms with Crippen LogP contribution in [-0.4, -0.2) is 73.5 Å². The van der Waals surface area contributed by atoms with E-state index in [1.807, 2.05) is 20.9 Å². The average Bonchev–Trinajstić information content (AvgIpc) is 3.30. The number of amides is 2. The maximum absolute atomic E-state index is 13.5. The van der Waals surface area contributed by atoms with Crippen molar-refractivity contribution in [2.75, 3.05) is 19.3 Å². The van der Waals surface area contributed by atoms with Crippen LogP contribution < -0.4 is 5.32 Å². The largest absolute Gasteiger partial charge is 0.416 e. The van der Waals surface area contributed by atoms with Crippen LogP contribution in [0.4, 0.5) is 26.3 Å². The molecule has 1 unspecified atom stereocenters. The zero-order valence-electron chi connectivity index (χ0n) is 24.8. The summed E-state index contributed by atoms with van der Waals surface area (Å²) in [6.07, 6.45) is -8.62. The number of likely N-dealkylation sites (tertiary alicyclic amines) is 1. The first-order valence-corrected chi connectivity index (χ1v) is 16.4. The average molecular weight is 682 g/mol. The molecule has 2 amide bonds. The Hall–Kier alpha value is -2.84. The van der Waals surface area contributed by atoms with Gasteiger partial charge in [0.25, 0.3) is 5.91 Å². The van der Waals surface area contributed by atoms with E-state index in [0.717, 1.165) is 0 Å². The number of alkyl halides is 6. The number of carbonyl (C=O) groups is 2. The van der Waals surface area contributed by atoms with E-state index in [1.54, 1.807) is 0 Å². The highest BCUT2D eigenvalue weighted by Gasteiger charge is 2.45. The van der Waals surface area contributed by atoms with Crippen LogP contribution in [0, 0.1) is 5.92 Å². The van der Waals surface area contributed by atoms with Gasteiger partial charge in [0.1, 0.15) is 6.04 Å². The smallest absolute Gasteiger partial charge is 0.340 e. The summed E-state index contributed by atoms with van der Waals surface area (Å²) >= 11 is 5.93. The second kappa shape index (κ2) is 13.1.